The van der Waals surface area contributed by atoms with E-state index in [0.29, 0.717) is 12.0 Å². The molecule has 0 aliphatic carbocycles. The van der Waals surface area contributed by atoms with Crippen molar-refractivity contribution in [1.29, 1.82) is 0 Å². The lowest BCUT2D eigenvalue weighted by Crippen LogP contribution is -2.41. The number of hydrogen-bond donors (Lipinski definition) is 1. The minimum atomic E-state index is 0.339. The highest BCUT2D eigenvalue weighted by Crippen LogP contribution is 2.21. The van der Waals surface area contributed by atoms with Gasteiger partial charge in [0.05, 0.1) is 0 Å². The van der Waals surface area contributed by atoms with Crippen molar-refractivity contribution in [3.63, 3.8) is 0 Å². The van der Waals surface area contributed by atoms with Crippen molar-refractivity contribution in [1.82, 2.24) is 5.32 Å². The van der Waals surface area contributed by atoms with Gasteiger partial charge in [0, 0.05) is 12.5 Å². The van der Waals surface area contributed by atoms with Crippen molar-refractivity contribution < 1.29 is 4.74 Å². The first kappa shape index (κ1) is 14.2. The molecule has 2 aromatic carbocycles. The van der Waals surface area contributed by atoms with E-state index in [1.165, 1.54) is 11.1 Å². The van der Waals surface area contributed by atoms with Crippen LogP contribution >= 0.6 is 0 Å². The number of piperidine rings is 1. The van der Waals surface area contributed by atoms with Gasteiger partial charge in [-0.15, -0.1) is 0 Å². The number of ether oxygens (including phenoxy) is 1. The highest BCUT2D eigenvalue weighted by atomic mass is 16.5. The van der Waals surface area contributed by atoms with Gasteiger partial charge >= 0.3 is 0 Å². The molecule has 1 aliphatic rings. The maximum atomic E-state index is 6.13. The molecular formula is C19H23NO. The molecule has 1 aliphatic heterocycles. The second-order valence-electron chi connectivity index (χ2n) is 5.93. The summed E-state index contributed by atoms with van der Waals surface area (Å²) in [6, 6.07) is 19.1. The summed E-state index contributed by atoms with van der Waals surface area (Å²) in [5, 5.41) is 3.41. The molecule has 21 heavy (non-hydrogen) atoms. The smallest absolute Gasteiger partial charge is 0.119 e. The molecule has 1 saturated heterocycles. The Balaban J connectivity index is 1.61. The number of hydrogen-bond acceptors (Lipinski definition) is 2. The van der Waals surface area contributed by atoms with Gasteiger partial charge in [0.2, 0.25) is 0 Å². The van der Waals surface area contributed by atoms with Gasteiger partial charge in [0.25, 0.3) is 0 Å². The normalized spacial score (nSPS) is 22.0. The molecule has 1 heterocycles. The first-order valence-corrected chi connectivity index (χ1v) is 7.81. The maximum Gasteiger partial charge on any atom is 0.119 e. The zero-order valence-corrected chi connectivity index (χ0v) is 12.6. The Bertz CT molecular complexity index is 550. The van der Waals surface area contributed by atoms with Crippen LogP contribution in [0.15, 0.2) is 54.6 Å². The van der Waals surface area contributed by atoms with Gasteiger partial charge in [-0.3, -0.25) is 0 Å². The minimum absolute atomic E-state index is 0.339. The summed E-state index contributed by atoms with van der Waals surface area (Å²) in [4.78, 5) is 0. The molecule has 2 nitrogen and oxygen atoms in total. The lowest BCUT2D eigenvalue weighted by atomic mass is 9.98. The Labute approximate surface area is 127 Å². The van der Waals surface area contributed by atoms with E-state index in [1.807, 2.05) is 0 Å². The van der Waals surface area contributed by atoms with Gasteiger partial charge in [-0.25, -0.2) is 0 Å². The number of rotatable bonds is 4. The third kappa shape index (κ3) is 3.85. The van der Waals surface area contributed by atoms with Crippen molar-refractivity contribution in [3.05, 3.63) is 65.7 Å². The lowest BCUT2D eigenvalue weighted by Gasteiger charge is -2.30. The number of benzene rings is 2. The molecule has 110 valence electrons. The van der Waals surface area contributed by atoms with Crippen molar-refractivity contribution in [3.8, 4) is 5.75 Å². The Morgan fingerprint density at radius 1 is 1.00 bits per heavy atom. The SMILES string of the molecule is CC1CNCCC1Oc1ccc(Cc2ccccc2)cc1. The lowest BCUT2D eigenvalue weighted by molar-refractivity contribution is 0.112. The molecule has 0 amide bonds. The van der Waals surface area contributed by atoms with E-state index >= 15 is 0 Å². The van der Waals surface area contributed by atoms with E-state index in [1.54, 1.807) is 0 Å². The fraction of sp³-hybridized carbons (Fsp3) is 0.368. The van der Waals surface area contributed by atoms with Crippen LogP contribution in [0.1, 0.15) is 24.5 Å². The Kier molecular flexibility index (Phi) is 4.56. The molecular weight excluding hydrogens is 258 g/mol. The van der Waals surface area contributed by atoms with Gasteiger partial charge in [-0.1, -0.05) is 49.4 Å². The fourth-order valence-electron chi connectivity index (χ4n) is 2.86. The Morgan fingerprint density at radius 3 is 2.43 bits per heavy atom. The van der Waals surface area contributed by atoms with E-state index in [4.69, 9.17) is 4.74 Å². The van der Waals surface area contributed by atoms with Crippen molar-refractivity contribution in [2.24, 2.45) is 5.92 Å². The van der Waals surface area contributed by atoms with Gasteiger partial charge in [0.1, 0.15) is 11.9 Å². The van der Waals surface area contributed by atoms with Crippen LogP contribution in [0, 0.1) is 5.92 Å². The highest BCUT2D eigenvalue weighted by Gasteiger charge is 2.22. The van der Waals surface area contributed by atoms with Gasteiger partial charge < -0.3 is 10.1 Å². The third-order valence-electron chi connectivity index (χ3n) is 4.17. The monoisotopic (exact) mass is 281 g/mol. The van der Waals surface area contributed by atoms with Crippen molar-refractivity contribution in [2.45, 2.75) is 25.9 Å². The number of nitrogens with one attached hydrogen (secondary N) is 1. The van der Waals surface area contributed by atoms with Crippen molar-refractivity contribution >= 4 is 0 Å². The van der Waals surface area contributed by atoms with Crippen LogP contribution in [0.4, 0.5) is 0 Å². The van der Waals surface area contributed by atoms with E-state index in [0.717, 1.165) is 31.7 Å². The first-order valence-electron chi connectivity index (χ1n) is 7.81. The van der Waals surface area contributed by atoms with Crippen molar-refractivity contribution in [2.75, 3.05) is 13.1 Å². The van der Waals surface area contributed by atoms with Gasteiger partial charge in [-0.2, -0.15) is 0 Å². The average molecular weight is 281 g/mol. The molecule has 0 aromatic heterocycles. The topological polar surface area (TPSA) is 21.3 Å². The zero-order chi connectivity index (χ0) is 14.5. The van der Waals surface area contributed by atoms with Crippen LogP contribution in [0.3, 0.4) is 0 Å². The summed E-state index contributed by atoms with van der Waals surface area (Å²) in [6.07, 6.45) is 2.41. The largest absolute Gasteiger partial charge is 0.490 e. The zero-order valence-electron chi connectivity index (χ0n) is 12.6. The average Bonchev–Trinajstić information content (AvgIpc) is 2.52. The van der Waals surface area contributed by atoms with E-state index in [2.05, 4.69) is 66.8 Å². The quantitative estimate of drug-likeness (QED) is 0.923. The van der Waals surface area contributed by atoms with E-state index in [-0.39, 0.29) is 0 Å². The Hall–Kier alpha value is -1.80. The molecule has 2 aromatic rings. The summed E-state index contributed by atoms with van der Waals surface area (Å²) in [7, 11) is 0. The molecule has 2 unspecified atom stereocenters. The standard InChI is InChI=1S/C19H23NO/c1-15-14-20-12-11-19(15)21-18-9-7-17(8-10-18)13-16-5-3-2-4-6-16/h2-10,15,19-20H,11-14H2,1H3. The highest BCUT2D eigenvalue weighted by molar-refractivity contribution is 5.31. The predicted octanol–water partition coefficient (Wildman–Crippen LogP) is 3.65. The summed E-state index contributed by atoms with van der Waals surface area (Å²) < 4.78 is 6.13. The second kappa shape index (κ2) is 6.77. The summed E-state index contributed by atoms with van der Waals surface area (Å²) >= 11 is 0. The van der Waals surface area contributed by atoms with Gasteiger partial charge in [-0.05, 0) is 42.6 Å². The van der Waals surface area contributed by atoms with Crippen LogP contribution in [0.25, 0.3) is 0 Å². The molecule has 0 radical (unpaired) electrons. The molecule has 1 fully saturated rings. The predicted molar refractivity (Wildman–Crippen MR) is 86.8 cm³/mol. The van der Waals surface area contributed by atoms with Crippen LogP contribution in [-0.4, -0.2) is 19.2 Å². The molecule has 0 bridgehead atoms. The molecule has 1 N–H and O–H groups in total. The molecule has 0 saturated carbocycles. The van der Waals surface area contributed by atoms with Crippen LogP contribution in [-0.2, 0) is 6.42 Å². The summed E-state index contributed by atoms with van der Waals surface area (Å²) in [6.45, 7) is 4.36. The van der Waals surface area contributed by atoms with Crippen LogP contribution < -0.4 is 10.1 Å². The minimum Gasteiger partial charge on any atom is -0.490 e. The van der Waals surface area contributed by atoms with E-state index in [9.17, 15) is 0 Å². The van der Waals surface area contributed by atoms with Crippen LogP contribution in [0.5, 0.6) is 5.75 Å². The Morgan fingerprint density at radius 2 is 1.71 bits per heavy atom. The van der Waals surface area contributed by atoms with E-state index < -0.39 is 0 Å². The third-order valence-corrected chi connectivity index (χ3v) is 4.17. The molecule has 3 rings (SSSR count). The summed E-state index contributed by atoms with van der Waals surface area (Å²) in [5.41, 5.74) is 2.67. The summed E-state index contributed by atoms with van der Waals surface area (Å²) in [5.74, 6) is 1.56. The van der Waals surface area contributed by atoms with Gasteiger partial charge in [0.15, 0.2) is 0 Å². The second-order valence-corrected chi connectivity index (χ2v) is 5.93. The molecule has 2 atom stereocenters. The van der Waals surface area contributed by atoms with Crippen LogP contribution in [0.2, 0.25) is 0 Å². The maximum absolute atomic E-state index is 6.13. The molecule has 2 heteroatoms. The first-order chi connectivity index (χ1) is 10.3. The molecule has 0 spiro atoms. The fourth-order valence-corrected chi connectivity index (χ4v) is 2.86.